The molecule has 4 heteroatoms. The molecule has 66 valence electrons. The number of hydroxylamine groups is 2. The second-order valence-electron chi connectivity index (χ2n) is 2.59. The van der Waals surface area contributed by atoms with E-state index in [1.54, 1.807) is 0 Å². The molecule has 4 nitrogen and oxygen atoms in total. The number of rotatable bonds is 4. The lowest BCUT2D eigenvalue weighted by molar-refractivity contribution is -0.166. The minimum Gasteiger partial charge on any atom is -0.396 e. The van der Waals surface area contributed by atoms with Crippen LogP contribution in [0, 0.1) is 0 Å². The van der Waals surface area contributed by atoms with Crippen molar-refractivity contribution in [2.24, 2.45) is 0 Å². The van der Waals surface area contributed by atoms with Crippen molar-refractivity contribution < 1.29 is 9.94 Å². The monoisotopic (exact) mass is 160 g/mol. The topological polar surface area (TPSA) is 44.7 Å². The average molecular weight is 160 g/mol. The predicted octanol–water partition coefficient (Wildman–Crippen LogP) is -0.794. The molecule has 0 unspecified atom stereocenters. The Bertz CT molecular complexity index is 94.4. The van der Waals surface area contributed by atoms with Crippen LogP contribution in [0.2, 0.25) is 0 Å². The first kappa shape index (κ1) is 8.93. The highest BCUT2D eigenvalue weighted by Crippen LogP contribution is 1.93. The molecule has 0 aromatic heterocycles. The number of hydrogen-bond donors (Lipinski definition) is 2. The van der Waals surface area contributed by atoms with Crippen LogP contribution < -0.4 is 5.32 Å². The first-order chi connectivity index (χ1) is 5.43. The van der Waals surface area contributed by atoms with Crippen LogP contribution in [0.15, 0.2) is 0 Å². The molecular weight excluding hydrogens is 144 g/mol. The highest BCUT2D eigenvalue weighted by atomic mass is 16.7. The van der Waals surface area contributed by atoms with Gasteiger partial charge in [-0.05, 0) is 6.42 Å². The lowest BCUT2D eigenvalue weighted by Gasteiger charge is -2.26. The Hall–Kier alpha value is -0.160. The normalized spacial score (nSPS) is 20.5. The van der Waals surface area contributed by atoms with E-state index in [4.69, 9.17) is 9.94 Å². The number of hydrogen-bond acceptors (Lipinski definition) is 4. The van der Waals surface area contributed by atoms with Gasteiger partial charge in [-0.1, -0.05) is 0 Å². The Morgan fingerprint density at radius 2 is 2.09 bits per heavy atom. The lowest BCUT2D eigenvalue weighted by Crippen LogP contribution is -2.43. The minimum absolute atomic E-state index is 0.214. The Kier molecular flexibility index (Phi) is 4.45. The van der Waals surface area contributed by atoms with Gasteiger partial charge in [0.1, 0.15) is 0 Å². The zero-order chi connectivity index (χ0) is 7.94. The minimum atomic E-state index is 0.214. The van der Waals surface area contributed by atoms with Crippen LogP contribution in [0.4, 0.5) is 0 Å². The van der Waals surface area contributed by atoms with Gasteiger partial charge < -0.3 is 10.4 Å². The summed E-state index contributed by atoms with van der Waals surface area (Å²) in [5.41, 5.74) is 0. The maximum Gasteiger partial charge on any atom is 0.0706 e. The largest absolute Gasteiger partial charge is 0.396 e. The molecule has 0 spiro atoms. The Morgan fingerprint density at radius 3 is 2.73 bits per heavy atom. The van der Waals surface area contributed by atoms with E-state index < -0.39 is 0 Å². The van der Waals surface area contributed by atoms with Crippen LogP contribution in [0.5, 0.6) is 0 Å². The molecule has 0 atom stereocenters. The van der Waals surface area contributed by atoms with Gasteiger partial charge in [-0.2, -0.15) is 5.06 Å². The molecule has 2 N–H and O–H groups in total. The van der Waals surface area contributed by atoms with E-state index in [2.05, 4.69) is 5.32 Å². The maximum atomic E-state index is 8.48. The molecule has 0 aliphatic carbocycles. The molecule has 11 heavy (non-hydrogen) atoms. The standard InChI is InChI=1S/C7H16N2O2/c10-6-1-7-11-9-4-2-8-3-5-9/h8,10H,1-7H2. The molecule has 0 aromatic carbocycles. The highest BCUT2D eigenvalue weighted by molar-refractivity contribution is 4.59. The summed E-state index contributed by atoms with van der Waals surface area (Å²) in [6, 6.07) is 0. The molecule has 0 aromatic rings. The summed E-state index contributed by atoms with van der Waals surface area (Å²) in [4.78, 5) is 5.36. The summed E-state index contributed by atoms with van der Waals surface area (Å²) in [5, 5.41) is 13.7. The number of nitrogens with zero attached hydrogens (tertiary/aromatic N) is 1. The van der Waals surface area contributed by atoms with Crippen molar-refractivity contribution in [3.8, 4) is 0 Å². The molecule has 1 aliphatic heterocycles. The maximum absolute atomic E-state index is 8.48. The fourth-order valence-electron chi connectivity index (χ4n) is 1.03. The van der Waals surface area contributed by atoms with Gasteiger partial charge in [0.2, 0.25) is 0 Å². The van der Waals surface area contributed by atoms with Gasteiger partial charge >= 0.3 is 0 Å². The van der Waals surface area contributed by atoms with Crippen LogP contribution in [-0.4, -0.2) is 49.6 Å². The van der Waals surface area contributed by atoms with Gasteiger partial charge in [-0.3, -0.25) is 4.84 Å². The van der Waals surface area contributed by atoms with Crippen molar-refractivity contribution in [3.05, 3.63) is 0 Å². The van der Waals surface area contributed by atoms with E-state index in [0.29, 0.717) is 6.61 Å². The molecule has 0 bridgehead atoms. The van der Waals surface area contributed by atoms with Crippen molar-refractivity contribution >= 4 is 0 Å². The summed E-state index contributed by atoms with van der Waals surface area (Å²) in [6.45, 7) is 4.75. The van der Waals surface area contributed by atoms with Crippen molar-refractivity contribution in [3.63, 3.8) is 0 Å². The molecule has 1 aliphatic rings. The van der Waals surface area contributed by atoms with Crippen LogP contribution in [0.1, 0.15) is 6.42 Å². The summed E-state index contributed by atoms with van der Waals surface area (Å²) < 4.78 is 0. The number of aliphatic hydroxyl groups is 1. The van der Waals surface area contributed by atoms with E-state index in [0.717, 1.165) is 32.6 Å². The van der Waals surface area contributed by atoms with Gasteiger partial charge in [0, 0.05) is 32.8 Å². The quantitative estimate of drug-likeness (QED) is 0.529. The van der Waals surface area contributed by atoms with E-state index in [9.17, 15) is 0 Å². The van der Waals surface area contributed by atoms with Crippen LogP contribution in [0.3, 0.4) is 0 Å². The zero-order valence-corrected chi connectivity index (χ0v) is 6.75. The van der Waals surface area contributed by atoms with E-state index in [-0.39, 0.29) is 6.61 Å². The third-order valence-corrected chi connectivity index (χ3v) is 1.65. The van der Waals surface area contributed by atoms with Gasteiger partial charge in [-0.15, -0.1) is 0 Å². The summed E-state index contributed by atoms with van der Waals surface area (Å²) >= 11 is 0. The zero-order valence-electron chi connectivity index (χ0n) is 6.75. The Balaban J connectivity index is 1.96. The molecule has 0 radical (unpaired) electrons. The summed E-state index contributed by atoms with van der Waals surface area (Å²) in [7, 11) is 0. The number of nitrogens with one attached hydrogen (secondary N) is 1. The van der Waals surface area contributed by atoms with Crippen molar-refractivity contribution in [2.45, 2.75) is 6.42 Å². The average Bonchev–Trinajstić information content (AvgIpc) is 2.07. The van der Waals surface area contributed by atoms with Crippen molar-refractivity contribution in [1.82, 2.24) is 10.4 Å². The smallest absolute Gasteiger partial charge is 0.0706 e. The van der Waals surface area contributed by atoms with Crippen LogP contribution in [-0.2, 0) is 4.84 Å². The third kappa shape index (κ3) is 3.67. The molecule has 0 amide bonds. The second kappa shape index (κ2) is 5.49. The van der Waals surface area contributed by atoms with Gasteiger partial charge in [0.05, 0.1) is 6.61 Å². The number of piperazine rings is 1. The van der Waals surface area contributed by atoms with E-state index in [1.807, 2.05) is 5.06 Å². The van der Waals surface area contributed by atoms with Crippen molar-refractivity contribution in [2.75, 3.05) is 39.4 Å². The summed E-state index contributed by atoms with van der Waals surface area (Å²) in [6.07, 6.45) is 0.726. The van der Waals surface area contributed by atoms with Gasteiger partial charge in [0.25, 0.3) is 0 Å². The van der Waals surface area contributed by atoms with E-state index in [1.165, 1.54) is 0 Å². The van der Waals surface area contributed by atoms with Crippen LogP contribution in [0.25, 0.3) is 0 Å². The molecule has 1 rings (SSSR count). The third-order valence-electron chi connectivity index (χ3n) is 1.65. The molecule has 1 fully saturated rings. The van der Waals surface area contributed by atoms with Crippen molar-refractivity contribution in [1.29, 1.82) is 0 Å². The molecule has 1 heterocycles. The Morgan fingerprint density at radius 1 is 1.36 bits per heavy atom. The summed E-state index contributed by atoms with van der Waals surface area (Å²) in [5.74, 6) is 0. The number of aliphatic hydroxyl groups excluding tert-OH is 1. The van der Waals surface area contributed by atoms with Gasteiger partial charge in [-0.25, -0.2) is 0 Å². The fourth-order valence-corrected chi connectivity index (χ4v) is 1.03. The Labute approximate surface area is 67.1 Å². The van der Waals surface area contributed by atoms with Crippen LogP contribution >= 0.6 is 0 Å². The SMILES string of the molecule is OCCCON1CCNCC1. The molecule has 1 saturated heterocycles. The molecular formula is C7H16N2O2. The van der Waals surface area contributed by atoms with E-state index >= 15 is 0 Å². The van der Waals surface area contributed by atoms with Gasteiger partial charge in [0.15, 0.2) is 0 Å². The highest BCUT2D eigenvalue weighted by Gasteiger charge is 2.08. The predicted molar refractivity (Wildman–Crippen MR) is 42.1 cm³/mol. The first-order valence-corrected chi connectivity index (χ1v) is 4.13. The lowest BCUT2D eigenvalue weighted by atomic mass is 10.4. The molecule has 0 saturated carbocycles. The fraction of sp³-hybridized carbons (Fsp3) is 1.00. The second-order valence-corrected chi connectivity index (χ2v) is 2.59. The first-order valence-electron chi connectivity index (χ1n) is 4.13.